The standard InChI is InChI=1S/C19H21N3OS/c1-13-7-9-20-12-14(13)8-10-21-19(23)18-11-15-16(22(2)3)5-4-6-17(15)24-18/h4-7,9,11-12H,8,10H2,1-3H3,(H,21,23). The number of aryl methyl sites for hydroxylation is 1. The van der Waals surface area contributed by atoms with Gasteiger partial charge in [0.05, 0.1) is 4.88 Å². The smallest absolute Gasteiger partial charge is 0.261 e. The van der Waals surface area contributed by atoms with Crippen molar-refractivity contribution in [3.63, 3.8) is 0 Å². The number of carbonyl (C=O) groups excluding carboxylic acids is 1. The summed E-state index contributed by atoms with van der Waals surface area (Å²) in [7, 11) is 4.03. The van der Waals surface area contributed by atoms with E-state index in [1.807, 2.05) is 38.5 Å². The minimum Gasteiger partial charge on any atom is -0.377 e. The third-order valence-electron chi connectivity index (χ3n) is 4.07. The van der Waals surface area contributed by atoms with Gasteiger partial charge >= 0.3 is 0 Å². The third-order valence-corrected chi connectivity index (χ3v) is 5.17. The van der Waals surface area contributed by atoms with Gasteiger partial charge in [-0.25, -0.2) is 0 Å². The molecule has 1 amide bonds. The Morgan fingerprint density at radius 3 is 2.88 bits per heavy atom. The maximum absolute atomic E-state index is 12.4. The van der Waals surface area contributed by atoms with Crippen molar-refractivity contribution in [1.82, 2.24) is 10.3 Å². The van der Waals surface area contributed by atoms with Crippen LogP contribution in [0.1, 0.15) is 20.8 Å². The quantitative estimate of drug-likeness (QED) is 0.772. The molecule has 3 aromatic rings. The minimum atomic E-state index is -0.0116. The predicted molar refractivity (Wildman–Crippen MR) is 101 cm³/mol. The Labute approximate surface area is 146 Å². The fraction of sp³-hybridized carbons (Fsp3) is 0.263. The van der Waals surface area contributed by atoms with Crippen molar-refractivity contribution in [2.45, 2.75) is 13.3 Å². The Kier molecular flexibility index (Phi) is 4.81. The van der Waals surface area contributed by atoms with Crippen molar-refractivity contribution in [3.8, 4) is 0 Å². The van der Waals surface area contributed by atoms with Crippen LogP contribution in [0.3, 0.4) is 0 Å². The number of anilines is 1. The zero-order valence-electron chi connectivity index (χ0n) is 14.2. The van der Waals surface area contributed by atoms with Crippen molar-refractivity contribution >= 4 is 33.0 Å². The molecule has 0 unspecified atom stereocenters. The number of benzene rings is 1. The van der Waals surface area contributed by atoms with Crippen LogP contribution in [0.2, 0.25) is 0 Å². The second-order valence-electron chi connectivity index (χ2n) is 6.00. The van der Waals surface area contributed by atoms with Crippen molar-refractivity contribution in [2.24, 2.45) is 0 Å². The molecule has 124 valence electrons. The number of fused-ring (bicyclic) bond motifs is 1. The molecule has 24 heavy (non-hydrogen) atoms. The summed E-state index contributed by atoms with van der Waals surface area (Å²) in [6.07, 6.45) is 4.44. The number of aromatic nitrogens is 1. The lowest BCUT2D eigenvalue weighted by atomic mass is 10.1. The second kappa shape index (κ2) is 7.01. The highest BCUT2D eigenvalue weighted by atomic mass is 32.1. The molecule has 0 saturated heterocycles. The zero-order chi connectivity index (χ0) is 17.1. The van der Waals surface area contributed by atoms with Crippen LogP contribution >= 0.6 is 11.3 Å². The van der Waals surface area contributed by atoms with Gasteiger partial charge in [0.1, 0.15) is 0 Å². The van der Waals surface area contributed by atoms with Crippen molar-refractivity contribution in [2.75, 3.05) is 25.5 Å². The van der Waals surface area contributed by atoms with Gasteiger partial charge in [-0.05, 0) is 48.7 Å². The second-order valence-corrected chi connectivity index (χ2v) is 7.09. The molecule has 1 N–H and O–H groups in total. The highest BCUT2D eigenvalue weighted by Gasteiger charge is 2.13. The van der Waals surface area contributed by atoms with Gasteiger partial charge in [-0.3, -0.25) is 9.78 Å². The van der Waals surface area contributed by atoms with Crippen LogP contribution in [-0.2, 0) is 6.42 Å². The van der Waals surface area contributed by atoms with E-state index in [1.165, 1.54) is 22.5 Å². The van der Waals surface area contributed by atoms with E-state index in [-0.39, 0.29) is 5.91 Å². The average molecular weight is 339 g/mol. The van der Waals surface area contributed by atoms with Gasteiger partial charge in [-0.2, -0.15) is 0 Å². The Hall–Kier alpha value is -2.40. The first kappa shape index (κ1) is 16.5. The molecular formula is C19H21N3OS. The van der Waals surface area contributed by atoms with E-state index in [9.17, 15) is 4.79 Å². The summed E-state index contributed by atoms with van der Waals surface area (Å²) in [5.41, 5.74) is 3.51. The SMILES string of the molecule is Cc1ccncc1CCNC(=O)c1cc2c(N(C)C)cccc2s1. The number of hydrogen-bond acceptors (Lipinski definition) is 4. The first-order valence-electron chi connectivity index (χ1n) is 7.94. The van der Waals surface area contributed by atoms with Crippen LogP contribution < -0.4 is 10.2 Å². The molecule has 0 atom stereocenters. The normalized spacial score (nSPS) is 10.8. The number of rotatable bonds is 5. The summed E-state index contributed by atoms with van der Waals surface area (Å²) in [6.45, 7) is 2.67. The lowest BCUT2D eigenvalue weighted by Crippen LogP contribution is -2.25. The van der Waals surface area contributed by atoms with Gasteiger partial charge in [-0.15, -0.1) is 11.3 Å². The van der Waals surface area contributed by atoms with Crippen LogP contribution in [0.5, 0.6) is 0 Å². The highest BCUT2D eigenvalue weighted by Crippen LogP contribution is 2.32. The first-order chi connectivity index (χ1) is 11.6. The molecule has 0 saturated carbocycles. The first-order valence-corrected chi connectivity index (χ1v) is 8.75. The largest absolute Gasteiger partial charge is 0.377 e. The molecule has 5 heteroatoms. The number of nitrogens with zero attached hydrogens (tertiary/aromatic N) is 2. The topological polar surface area (TPSA) is 45.2 Å². The molecule has 0 aliphatic rings. The van der Waals surface area contributed by atoms with E-state index in [1.54, 1.807) is 6.20 Å². The molecule has 0 aliphatic carbocycles. The van der Waals surface area contributed by atoms with Gasteiger partial charge in [0.25, 0.3) is 5.91 Å². The minimum absolute atomic E-state index is 0.0116. The number of carbonyl (C=O) groups is 1. The lowest BCUT2D eigenvalue weighted by Gasteiger charge is -2.13. The monoisotopic (exact) mass is 339 g/mol. The number of amides is 1. The van der Waals surface area contributed by atoms with Crippen LogP contribution in [0.15, 0.2) is 42.7 Å². The van der Waals surface area contributed by atoms with Crippen molar-refractivity contribution < 1.29 is 4.79 Å². The number of hydrogen-bond donors (Lipinski definition) is 1. The lowest BCUT2D eigenvalue weighted by molar-refractivity contribution is 0.0958. The molecule has 0 aliphatic heterocycles. The van der Waals surface area contributed by atoms with Gasteiger partial charge < -0.3 is 10.2 Å². The molecule has 3 rings (SSSR count). The predicted octanol–water partition coefficient (Wildman–Crippen LogP) is 3.64. The van der Waals surface area contributed by atoms with E-state index >= 15 is 0 Å². The molecule has 1 aromatic carbocycles. The average Bonchev–Trinajstić information content (AvgIpc) is 3.00. The van der Waals surface area contributed by atoms with E-state index in [4.69, 9.17) is 0 Å². The zero-order valence-corrected chi connectivity index (χ0v) is 15.0. The van der Waals surface area contributed by atoms with Crippen molar-refractivity contribution in [3.05, 3.63) is 58.7 Å². The Morgan fingerprint density at radius 2 is 2.12 bits per heavy atom. The highest BCUT2D eigenvalue weighted by molar-refractivity contribution is 7.20. The maximum atomic E-state index is 12.4. The third kappa shape index (κ3) is 3.41. The van der Waals surface area contributed by atoms with Gasteiger partial charge in [0.2, 0.25) is 0 Å². The fourth-order valence-electron chi connectivity index (χ4n) is 2.70. The van der Waals surface area contributed by atoms with E-state index in [2.05, 4.69) is 34.3 Å². The van der Waals surface area contributed by atoms with Gasteiger partial charge in [0, 0.05) is 48.8 Å². The molecule has 0 radical (unpaired) electrons. The Balaban J connectivity index is 1.70. The Morgan fingerprint density at radius 1 is 1.29 bits per heavy atom. The molecule has 2 aromatic heterocycles. The van der Waals surface area contributed by atoms with Crippen LogP contribution in [0.4, 0.5) is 5.69 Å². The van der Waals surface area contributed by atoms with Crippen LogP contribution in [-0.4, -0.2) is 31.5 Å². The number of thiophene rings is 1. The van der Waals surface area contributed by atoms with Crippen LogP contribution in [0.25, 0.3) is 10.1 Å². The Bertz CT molecular complexity index is 870. The fourth-order valence-corrected chi connectivity index (χ4v) is 3.70. The van der Waals surface area contributed by atoms with Crippen LogP contribution in [0, 0.1) is 6.92 Å². The van der Waals surface area contributed by atoms with E-state index < -0.39 is 0 Å². The molecule has 4 nitrogen and oxygen atoms in total. The van der Waals surface area contributed by atoms with Gasteiger partial charge in [0.15, 0.2) is 0 Å². The summed E-state index contributed by atoms with van der Waals surface area (Å²) >= 11 is 1.54. The molecule has 0 fully saturated rings. The maximum Gasteiger partial charge on any atom is 0.261 e. The molecule has 0 spiro atoms. The summed E-state index contributed by atoms with van der Waals surface area (Å²) in [5.74, 6) is -0.0116. The summed E-state index contributed by atoms with van der Waals surface area (Å²) in [5, 5.41) is 4.14. The summed E-state index contributed by atoms with van der Waals surface area (Å²) in [4.78, 5) is 19.4. The summed E-state index contributed by atoms with van der Waals surface area (Å²) in [6, 6.07) is 10.1. The van der Waals surface area contributed by atoms with Crippen molar-refractivity contribution in [1.29, 1.82) is 0 Å². The molecular weight excluding hydrogens is 318 g/mol. The van der Waals surface area contributed by atoms with Gasteiger partial charge in [-0.1, -0.05) is 6.07 Å². The number of nitrogens with one attached hydrogen (secondary N) is 1. The molecule has 0 bridgehead atoms. The molecule has 2 heterocycles. The van der Waals surface area contributed by atoms with E-state index in [0.717, 1.165) is 27.1 Å². The number of pyridine rings is 1. The summed E-state index contributed by atoms with van der Waals surface area (Å²) < 4.78 is 1.13. The van der Waals surface area contributed by atoms with E-state index in [0.29, 0.717) is 6.54 Å².